The molecule has 0 aromatic rings. The van der Waals surface area contributed by atoms with Gasteiger partial charge < -0.3 is 0 Å². The van der Waals surface area contributed by atoms with E-state index in [-0.39, 0.29) is 11.5 Å². The standard InChI is InChI=1S/C8H4N6O2/c15-14(16)5-1-2-6-9-3-11-8-12-4-10-7(5)13(6)8/h1-4H. The Labute approximate surface area is 88.9 Å². The maximum atomic E-state index is 10.8. The zero-order chi connectivity index (χ0) is 11.1. The van der Waals surface area contributed by atoms with Crippen molar-refractivity contribution in [3.8, 4) is 0 Å². The molecule has 0 bridgehead atoms. The average Bonchev–Trinajstić information content (AvgIpc) is 2.30. The number of guanidine groups is 1. The fourth-order valence-corrected chi connectivity index (χ4v) is 1.51. The molecule has 0 amide bonds. The Morgan fingerprint density at radius 2 is 2.00 bits per heavy atom. The smallest absolute Gasteiger partial charge is 0.258 e. The van der Waals surface area contributed by atoms with Crippen LogP contribution in [0.2, 0.25) is 0 Å². The van der Waals surface area contributed by atoms with Crippen molar-refractivity contribution in [3.05, 3.63) is 33.8 Å². The van der Waals surface area contributed by atoms with Crippen LogP contribution >= 0.6 is 0 Å². The van der Waals surface area contributed by atoms with E-state index < -0.39 is 4.92 Å². The second-order valence-corrected chi connectivity index (χ2v) is 3.04. The van der Waals surface area contributed by atoms with Gasteiger partial charge >= 0.3 is 5.70 Å². The summed E-state index contributed by atoms with van der Waals surface area (Å²) >= 11 is 0. The molecule has 8 heteroatoms. The highest BCUT2D eigenvalue weighted by atomic mass is 16.6. The van der Waals surface area contributed by atoms with Crippen molar-refractivity contribution in [2.24, 2.45) is 20.0 Å². The van der Waals surface area contributed by atoms with Gasteiger partial charge in [-0.15, -0.1) is 0 Å². The first kappa shape index (κ1) is 8.65. The zero-order valence-corrected chi connectivity index (χ0v) is 7.81. The monoisotopic (exact) mass is 216 g/mol. The van der Waals surface area contributed by atoms with Crippen LogP contribution in [-0.2, 0) is 0 Å². The quantitative estimate of drug-likeness (QED) is 0.460. The fourth-order valence-electron chi connectivity index (χ4n) is 1.51. The highest BCUT2D eigenvalue weighted by molar-refractivity contribution is 6.17. The molecule has 0 unspecified atom stereocenters. The van der Waals surface area contributed by atoms with E-state index in [9.17, 15) is 10.1 Å². The molecule has 0 aliphatic carbocycles. The molecule has 0 N–H and O–H groups in total. The number of nitro groups is 1. The molecule has 8 nitrogen and oxygen atoms in total. The topological polar surface area (TPSA) is 95.8 Å². The molecule has 0 aromatic carbocycles. The van der Waals surface area contributed by atoms with Gasteiger partial charge in [0, 0.05) is 6.08 Å². The normalized spacial score (nSPS) is 20.6. The van der Waals surface area contributed by atoms with E-state index in [0.717, 1.165) is 0 Å². The van der Waals surface area contributed by atoms with Crippen LogP contribution in [0.15, 0.2) is 43.6 Å². The summed E-state index contributed by atoms with van der Waals surface area (Å²) in [6, 6.07) is 0. The Bertz CT molecular complexity index is 565. The first-order valence-corrected chi connectivity index (χ1v) is 4.35. The second-order valence-electron chi connectivity index (χ2n) is 3.04. The van der Waals surface area contributed by atoms with Gasteiger partial charge in [0.15, 0.2) is 0 Å². The van der Waals surface area contributed by atoms with E-state index in [1.807, 2.05) is 0 Å². The lowest BCUT2D eigenvalue weighted by molar-refractivity contribution is -0.415. The number of rotatable bonds is 1. The lowest BCUT2D eigenvalue weighted by atomic mass is 10.2. The predicted octanol–water partition coefficient (Wildman–Crippen LogP) is 0.142. The Kier molecular flexibility index (Phi) is 1.58. The molecule has 16 heavy (non-hydrogen) atoms. The molecule has 0 spiro atoms. The van der Waals surface area contributed by atoms with Gasteiger partial charge in [-0.3, -0.25) is 10.1 Å². The van der Waals surface area contributed by atoms with Crippen LogP contribution in [0.3, 0.4) is 0 Å². The van der Waals surface area contributed by atoms with Crippen molar-refractivity contribution in [2.75, 3.05) is 0 Å². The fraction of sp³-hybridized carbons (Fsp3) is 0. The third-order valence-electron chi connectivity index (χ3n) is 2.17. The molecule has 0 radical (unpaired) electrons. The summed E-state index contributed by atoms with van der Waals surface area (Å²) in [6.45, 7) is 0. The molecule has 0 atom stereocenters. The third-order valence-corrected chi connectivity index (χ3v) is 2.17. The third kappa shape index (κ3) is 1.03. The molecule has 0 saturated carbocycles. The van der Waals surface area contributed by atoms with Crippen LogP contribution in [-0.4, -0.2) is 34.3 Å². The minimum absolute atomic E-state index is 0.0975. The van der Waals surface area contributed by atoms with Crippen molar-refractivity contribution in [2.45, 2.75) is 0 Å². The van der Waals surface area contributed by atoms with Crippen LogP contribution in [0.1, 0.15) is 0 Å². The molecule has 0 aromatic heterocycles. The van der Waals surface area contributed by atoms with E-state index in [0.29, 0.717) is 11.8 Å². The summed E-state index contributed by atoms with van der Waals surface area (Å²) in [5.41, 5.74) is -0.0975. The van der Waals surface area contributed by atoms with Crippen LogP contribution in [0.5, 0.6) is 0 Å². The molecule has 3 aliphatic rings. The molecule has 0 saturated heterocycles. The van der Waals surface area contributed by atoms with E-state index in [2.05, 4.69) is 20.0 Å². The van der Waals surface area contributed by atoms with Crippen molar-refractivity contribution in [3.63, 3.8) is 0 Å². The van der Waals surface area contributed by atoms with Gasteiger partial charge in [-0.1, -0.05) is 0 Å². The van der Waals surface area contributed by atoms with Crippen LogP contribution < -0.4 is 0 Å². The zero-order valence-electron chi connectivity index (χ0n) is 7.81. The van der Waals surface area contributed by atoms with Gasteiger partial charge in [-0.25, -0.2) is 24.9 Å². The SMILES string of the molecule is O=[N+]([O-])C1=CC=C2N=CN=C3N=CN=C1N23. The lowest BCUT2D eigenvalue weighted by Crippen LogP contribution is -2.42. The lowest BCUT2D eigenvalue weighted by Gasteiger charge is -2.28. The van der Waals surface area contributed by atoms with Crippen molar-refractivity contribution < 1.29 is 4.92 Å². The first-order chi connectivity index (χ1) is 7.77. The first-order valence-electron chi connectivity index (χ1n) is 4.35. The molecule has 3 aliphatic heterocycles. The van der Waals surface area contributed by atoms with Crippen molar-refractivity contribution >= 4 is 24.5 Å². The number of allylic oxidation sites excluding steroid dienone is 2. The minimum Gasteiger partial charge on any atom is -0.258 e. The van der Waals surface area contributed by atoms with Gasteiger partial charge in [0.2, 0.25) is 11.8 Å². The van der Waals surface area contributed by atoms with E-state index in [4.69, 9.17) is 0 Å². The largest absolute Gasteiger partial charge is 0.312 e. The molecular weight excluding hydrogens is 212 g/mol. The average molecular weight is 216 g/mol. The van der Waals surface area contributed by atoms with Gasteiger partial charge in [0.05, 0.1) is 4.92 Å². The predicted molar refractivity (Wildman–Crippen MR) is 56.9 cm³/mol. The van der Waals surface area contributed by atoms with E-state index in [1.54, 1.807) is 0 Å². The number of aliphatic imine (C=N–C) groups is 4. The van der Waals surface area contributed by atoms with Crippen molar-refractivity contribution in [1.82, 2.24) is 4.90 Å². The molecule has 3 heterocycles. The molecule has 0 fully saturated rings. The summed E-state index contributed by atoms with van der Waals surface area (Å²) in [4.78, 5) is 27.4. The van der Waals surface area contributed by atoms with Gasteiger partial charge in [-0.2, -0.15) is 0 Å². The summed E-state index contributed by atoms with van der Waals surface area (Å²) in [5.74, 6) is 1.04. The Morgan fingerprint density at radius 3 is 2.81 bits per heavy atom. The Morgan fingerprint density at radius 1 is 1.19 bits per heavy atom. The number of nitrogens with zero attached hydrogens (tertiary/aromatic N) is 6. The minimum atomic E-state index is -0.499. The van der Waals surface area contributed by atoms with Crippen LogP contribution in [0.25, 0.3) is 0 Å². The Balaban J connectivity index is 2.21. The van der Waals surface area contributed by atoms with E-state index in [1.165, 1.54) is 29.7 Å². The highest BCUT2D eigenvalue weighted by Crippen LogP contribution is 2.23. The van der Waals surface area contributed by atoms with Crippen molar-refractivity contribution in [1.29, 1.82) is 0 Å². The second kappa shape index (κ2) is 2.92. The van der Waals surface area contributed by atoms with Gasteiger partial charge in [0.25, 0.3) is 0 Å². The Hall–Kier alpha value is -2.64. The number of amidine groups is 1. The summed E-state index contributed by atoms with van der Waals surface area (Å²) in [5, 5.41) is 10.8. The summed E-state index contributed by atoms with van der Waals surface area (Å²) in [6.07, 6.45) is 5.49. The van der Waals surface area contributed by atoms with E-state index >= 15 is 0 Å². The van der Waals surface area contributed by atoms with Crippen LogP contribution in [0.4, 0.5) is 0 Å². The summed E-state index contributed by atoms with van der Waals surface area (Å²) in [7, 11) is 0. The number of hydrogen-bond acceptors (Lipinski definition) is 7. The summed E-state index contributed by atoms with van der Waals surface area (Å²) < 4.78 is 0. The van der Waals surface area contributed by atoms with Gasteiger partial charge in [-0.05, 0) is 6.08 Å². The maximum Gasteiger partial charge on any atom is 0.312 e. The van der Waals surface area contributed by atoms with Crippen LogP contribution in [0, 0.1) is 10.1 Å². The highest BCUT2D eigenvalue weighted by Gasteiger charge is 2.36. The molecular formula is C8H4N6O2. The number of hydrogen-bond donors (Lipinski definition) is 0. The molecule has 3 rings (SSSR count). The molecule has 78 valence electrons. The maximum absolute atomic E-state index is 10.8. The van der Waals surface area contributed by atoms with Gasteiger partial charge in [0.1, 0.15) is 18.5 Å².